The molecule has 1 amide bonds. The lowest BCUT2D eigenvalue weighted by Gasteiger charge is -2.18. The van der Waals surface area contributed by atoms with Crippen molar-refractivity contribution in [1.82, 2.24) is 20.1 Å². The zero-order valence-electron chi connectivity index (χ0n) is 17.5. The molecule has 6 nitrogen and oxygen atoms in total. The van der Waals surface area contributed by atoms with Crippen LogP contribution in [0.2, 0.25) is 0 Å². The van der Waals surface area contributed by atoms with Crippen LogP contribution >= 0.6 is 11.8 Å². The first-order valence-corrected chi connectivity index (χ1v) is 10.8. The molecule has 1 aromatic heterocycles. The van der Waals surface area contributed by atoms with E-state index in [0.29, 0.717) is 23.3 Å². The fourth-order valence-electron chi connectivity index (χ4n) is 2.90. The molecule has 1 atom stereocenters. The van der Waals surface area contributed by atoms with Gasteiger partial charge in [-0.3, -0.25) is 4.79 Å². The minimum atomic E-state index is -0.415. The highest BCUT2D eigenvalue weighted by Gasteiger charge is 2.22. The van der Waals surface area contributed by atoms with Crippen molar-refractivity contribution in [2.45, 2.75) is 44.6 Å². The van der Waals surface area contributed by atoms with Crippen LogP contribution < -0.4 is 10.1 Å². The molecule has 0 radical (unpaired) electrons. The maximum Gasteiger partial charge on any atom is 0.230 e. The number of hydrogen-bond donors (Lipinski definition) is 1. The number of rotatable bonds is 9. The number of nitrogens with zero attached hydrogens (tertiary/aromatic N) is 3. The van der Waals surface area contributed by atoms with Crippen LogP contribution in [0, 0.1) is 11.6 Å². The highest BCUT2D eigenvalue weighted by atomic mass is 32.2. The summed E-state index contributed by atoms with van der Waals surface area (Å²) in [5.74, 6) is 0.507. The molecule has 0 bridgehead atoms. The van der Waals surface area contributed by atoms with E-state index in [-0.39, 0.29) is 29.3 Å². The van der Waals surface area contributed by atoms with Gasteiger partial charge in [-0.05, 0) is 62.7 Å². The third-order valence-corrected chi connectivity index (χ3v) is 5.38. The quantitative estimate of drug-likeness (QED) is 0.483. The molecule has 9 heteroatoms. The van der Waals surface area contributed by atoms with E-state index in [0.717, 1.165) is 5.56 Å². The molecule has 3 aromatic rings. The van der Waals surface area contributed by atoms with E-state index < -0.39 is 6.10 Å². The molecular formula is C22H24F2N4O2S. The molecule has 0 aliphatic carbocycles. The van der Waals surface area contributed by atoms with Gasteiger partial charge in [0, 0.05) is 12.6 Å². The third kappa shape index (κ3) is 6.27. The van der Waals surface area contributed by atoms with Gasteiger partial charge in [-0.2, -0.15) is 0 Å². The van der Waals surface area contributed by atoms with Gasteiger partial charge in [0.25, 0.3) is 0 Å². The number of carbonyl (C=O) groups excluding carboxylic acids is 1. The first-order valence-electron chi connectivity index (χ1n) is 9.84. The second-order valence-corrected chi connectivity index (χ2v) is 8.15. The van der Waals surface area contributed by atoms with Crippen molar-refractivity contribution in [3.8, 4) is 5.75 Å². The Morgan fingerprint density at radius 3 is 2.26 bits per heavy atom. The minimum Gasteiger partial charge on any atom is -0.483 e. The molecule has 0 saturated carbocycles. The van der Waals surface area contributed by atoms with Crippen molar-refractivity contribution < 1.29 is 18.3 Å². The predicted molar refractivity (Wildman–Crippen MR) is 115 cm³/mol. The lowest BCUT2D eigenvalue weighted by atomic mass is 10.2. The summed E-state index contributed by atoms with van der Waals surface area (Å²) in [5.41, 5.74) is 0.819. The number of halogens is 2. The Morgan fingerprint density at radius 1 is 1.03 bits per heavy atom. The van der Waals surface area contributed by atoms with E-state index in [4.69, 9.17) is 4.74 Å². The van der Waals surface area contributed by atoms with E-state index in [1.807, 2.05) is 25.3 Å². The number of nitrogens with one attached hydrogen (secondary N) is 1. The molecule has 2 aromatic carbocycles. The smallest absolute Gasteiger partial charge is 0.230 e. The predicted octanol–water partition coefficient (Wildman–Crippen LogP) is 4.69. The van der Waals surface area contributed by atoms with Gasteiger partial charge in [-0.15, -0.1) is 10.2 Å². The van der Waals surface area contributed by atoms with Crippen LogP contribution in [-0.4, -0.2) is 26.4 Å². The Morgan fingerprint density at radius 2 is 1.65 bits per heavy atom. The molecular weight excluding hydrogens is 422 g/mol. The lowest BCUT2D eigenvalue weighted by Crippen LogP contribution is -2.24. The first kappa shape index (κ1) is 22.7. The summed E-state index contributed by atoms with van der Waals surface area (Å²) in [4.78, 5) is 12.2. The lowest BCUT2D eigenvalue weighted by molar-refractivity contribution is -0.118. The molecule has 1 N–H and O–H groups in total. The van der Waals surface area contributed by atoms with Crippen molar-refractivity contribution in [2.24, 2.45) is 0 Å². The summed E-state index contributed by atoms with van der Waals surface area (Å²) in [6.07, 6.45) is -0.415. The summed E-state index contributed by atoms with van der Waals surface area (Å²) in [6.45, 7) is 6.16. The summed E-state index contributed by atoms with van der Waals surface area (Å²) >= 11 is 1.28. The van der Waals surface area contributed by atoms with E-state index in [9.17, 15) is 13.6 Å². The standard InChI is InChI=1S/C22H24F2N4O2S/c1-14(2)28-21(15(3)30-19-10-8-18(24)9-11-19)26-27-22(28)31-13-20(29)25-12-16-4-6-17(23)7-5-16/h4-11,14-15H,12-13H2,1-3H3,(H,25,29). The van der Waals surface area contributed by atoms with Gasteiger partial charge in [-0.25, -0.2) is 8.78 Å². The molecule has 1 unspecified atom stereocenters. The maximum absolute atomic E-state index is 13.1. The van der Waals surface area contributed by atoms with Gasteiger partial charge in [-0.1, -0.05) is 23.9 Å². The highest BCUT2D eigenvalue weighted by molar-refractivity contribution is 7.99. The van der Waals surface area contributed by atoms with Crippen LogP contribution in [-0.2, 0) is 11.3 Å². The van der Waals surface area contributed by atoms with Gasteiger partial charge in [0.1, 0.15) is 17.4 Å². The largest absolute Gasteiger partial charge is 0.483 e. The Bertz CT molecular complexity index is 1010. The van der Waals surface area contributed by atoms with Crippen LogP contribution in [0.4, 0.5) is 8.78 Å². The van der Waals surface area contributed by atoms with Crippen LogP contribution in [0.25, 0.3) is 0 Å². The van der Waals surface area contributed by atoms with Gasteiger partial charge < -0.3 is 14.6 Å². The van der Waals surface area contributed by atoms with Crippen LogP contribution in [0.5, 0.6) is 5.75 Å². The molecule has 0 aliphatic heterocycles. The zero-order valence-corrected chi connectivity index (χ0v) is 18.3. The molecule has 164 valence electrons. The Kier molecular flexibility index (Phi) is 7.62. The zero-order chi connectivity index (χ0) is 22.4. The Hall–Kier alpha value is -2.94. The molecule has 0 aliphatic rings. The average molecular weight is 447 g/mol. The fraction of sp³-hybridized carbons (Fsp3) is 0.318. The molecule has 31 heavy (non-hydrogen) atoms. The summed E-state index contributed by atoms with van der Waals surface area (Å²) in [7, 11) is 0. The van der Waals surface area contributed by atoms with E-state index in [1.165, 1.54) is 36.0 Å². The highest BCUT2D eigenvalue weighted by Crippen LogP contribution is 2.27. The van der Waals surface area contributed by atoms with Crippen LogP contribution in [0.15, 0.2) is 53.7 Å². The number of hydrogen-bond acceptors (Lipinski definition) is 5. The first-order chi connectivity index (χ1) is 14.8. The summed E-state index contributed by atoms with van der Waals surface area (Å²) in [5, 5.41) is 11.9. The molecule has 0 spiro atoms. The number of aromatic nitrogens is 3. The average Bonchev–Trinajstić information content (AvgIpc) is 3.18. The molecule has 0 fully saturated rings. The van der Waals surface area contributed by atoms with Gasteiger partial charge in [0.15, 0.2) is 17.1 Å². The molecule has 3 rings (SSSR count). The Balaban J connectivity index is 1.60. The van der Waals surface area contributed by atoms with E-state index in [2.05, 4.69) is 15.5 Å². The van der Waals surface area contributed by atoms with Gasteiger partial charge in [0.2, 0.25) is 5.91 Å². The summed E-state index contributed by atoms with van der Waals surface area (Å²) in [6, 6.07) is 11.8. The number of carbonyl (C=O) groups is 1. The van der Waals surface area contributed by atoms with Crippen molar-refractivity contribution >= 4 is 17.7 Å². The second-order valence-electron chi connectivity index (χ2n) is 7.21. The second kappa shape index (κ2) is 10.4. The summed E-state index contributed by atoms with van der Waals surface area (Å²) < 4.78 is 33.9. The SMILES string of the molecule is CC(Oc1ccc(F)cc1)c1nnc(SCC(=O)NCc2ccc(F)cc2)n1C(C)C. The number of thioether (sulfide) groups is 1. The van der Waals surface area contributed by atoms with Gasteiger partial charge >= 0.3 is 0 Å². The van der Waals surface area contributed by atoms with Crippen molar-refractivity contribution in [1.29, 1.82) is 0 Å². The van der Waals surface area contributed by atoms with Crippen molar-refractivity contribution in [2.75, 3.05) is 5.75 Å². The van der Waals surface area contributed by atoms with Gasteiger partial charge in [0.05, 0.1) is 5.75 Å². The van der Waals surface area contributed by atoms with Crippen LogP contribution in [0.3, 0.4) is 0 Å². The van der Waals surface area contributed by atoms with Crippen molar-refractivity contribution in [3.63, 3.8) is 0 Å². The van der Waals surface area contributed by atoms with E-state index in [1.54, 1.807) is 24.3 Å². The number of ether oxygens (including phenoxy) is 1. The number of amides is 1. The molecule has 1 heterocycles. The number of benzene rings is 2. The van der Waals surface area contributed by atoms with Crippen molar-refractivity contribution in [3.05, 3.63) is 71.6 Å². The third-order valence-electron chi connectivity index (χ3n) is 4.43. The topological polar surface area (TPSA) is 69.0 Å². The normalized spacial score (nSPS) is 12.1. The van der Waals surface area contributed by atoms with E-state index >= 15 is 0 Å². The fourth-order valence-corrected chi connectivity index (χ4v) is 3.81. The Labute approximate surface area is 184 Å². The minimum absolute atomic E-state index is 0.0500. The van der Waals surface area contributed by atoms with Crippen LogP contribution in [0.1, 0.15) is 44.3 Å². The molecule has 0 saturated heterocycles. The maximum atomic E-state index is 13.1. The monoisotopic (exact) mass is 446 g/mol.